The van der Waals surface area contributed by atoms with Gasteiger partial charge < -0.3 is 30.0 Å². The number of hydrogen-bond acceptors (Lipinski definition) is 7. The Morgan fingerprint density at radius 1 is 1.29 bits per heavy atom. The number of halogens is 3. The Morgan fingerprint density at radius 2 is 2.00 bits per heavy atom. The van der Waals surface area contributed by atoms with Crippen LogP contribution in [0.25, 0.3) is 10.9 Å². The fourth-order valence-corrected chi connectivity index (χ4v) is 3.76. The van der Waals surface area contributed by atoms with E-state index in [1.165, 1.54) is 4.90 Å². The summed E-state index contributed by atoms with van der Waals surface area (Å²) in [6, 6.07) is 0.752. The third kappa shape index (κ3) is 4.63. The number of carboxylic acids is 1. The summed E-state index contributed by atoms with van der Waals surface area (Å²) in [5, 5.41) is 16.5. The molecule has 1 aliphatic rings. The van der Waals surface area contributed by atoms with Crippen molar-refractivity contribution in [2.24, 2.45) is 22.0 Å². The fourth-order valence-electron chi connectivity index (χ4n) is 3.76. The number of oxime groups is 2. The van der Waals surface area contributed by atoms with E-state index in [2.05, 4.69) is 10.3 Å². The molecule has 0 amide bonds. The van der Waals surface area contributed by atoms with Crippen molar-refractivity contribution < 1.29 is 32.7 Å². The summed E-state index contributed by atoms with van der Waals surface area (Å²) in [5.41, 5.74) is 3.64. The second kappa shape index (κ2) is 10.4. The van der Waals surface area contributed by atoms with Crippen LogP contribution in [0.5, 0.6) is 0 Å². The molecular weight excluding hydrogens is 459 g/mol. The summed E-state index contributed by atoms with van der Waals surface area (Å²) < 4.78 is 45.0. The van der Waals surface area contributed by atoms with Crippen molar-refractivity contribution in [2.75, 3.05) is 37.9 Å². The van der Waals surface area contributed by atoms with Crippen molar-refractivity contribution in [2.45, 2.75) is 20.4 Å². The first-order valence-corrected chi connectivity index (χ1v) is 10.5. The highest BCUT2D eigenvalue weighted by molar-refractivity contribution is 6.10. The normalized spacial score (nSPS) is 17.6. The lowest BCUT2D eigenvalue weighted by Gasteiger charge is -2.21. The summed E-state index contributed by atoms with van der Waals surface area (Å²) in [7, 11) is 0. The van der Waals surface area contributed by atoms with Gasteiger partial charge in [-0.15, -0.1) is 0 Å². The van der Waals surface area contributed by atoms with Crippen LogP contribution in [0.3, 0.4) is 0 Å². The highest BCUT2D eigenvalue weighted by Gasteiger charge is 2.36. The fraction of sp³-hybridized carbons (Fsp3) is 0.429. The molecule has 0 bridgehead atoms. The average Bonchev–Trinajstić information content (AvgIpc) is 3.21. The number of rotatable bonds is 9. The minimum atomic E-state index is -1.59. The van der Waals surface area contributed by atoms with E-state index >= 15 is 8.78 Å². The summed E-state index contributed by atoms with van der Waals surface area (Å²) in [6.45, 7) is 2.41. The molecule has 0 radical (unpaired) electrons. The molecule has 10 nitrogen and oxygen atoms in total. The van der Waals surface area contributed by atoms with Gasteiger partial charge in [-0.2, -0.15) is 0 Å². The first-order valence-electron chi connectivity index (χ1n) is 10.5. The average molecular weight is 483 g/mol. The van der Waals surface area contributed by atoms with Crippen LogP contribution in [-0.4, -0.2) is 60.2 Å². The smallest absolute Gasteiger partial charge is 0.341 e. The molecule has 1 saturated heterocycles. The number of aromatic nitrogens is 1. The highest BCUT2D eigenvalue weighted by Crippen LogP contribution is 2.33. The van der Waals surface area contributed by atoms with E-state index in [-0.39, 0.29) is 32.1 Å². The summed E-state index contributed by atoms with van der Waals surface area (Å²) >= 11 is 0. The molecule has 34 heavy (non-hydrogen) atoms. The van der Waals surface area contributed by atoms with Gasteiger partial charge in [0.15, 0.2) is 5.82 Å². The van der Waals surface area contributed by atoms with Gasteiger partial charge in [0.05, 0.1) is 35.6 Å². The summed E-state index contributed by atoms with van der Waals surface area (Å²) in [6.07, 6.45) is 0.846. The third-order valence-corrected chi connectivity index (χ3v) is 5.23. The molecule has 1 aliphatic heterocycles. The molecule has 1 unspecified atom stereocenters. The van der Waals surface area contributed by atoms with Gasteiger partial charge >= 0.3 is 5.97 Å². The van der Waals surface area contributed by atoms with Crippen LogP contribution in [-0.2, 0) is 16.2 Å². The maximum absolute atomic E-state index is 15.7. The highest BCUT2D eigenvalue weighted by atomic mass is 19.1. The lowest BCUT2D eigenvalue weighted by atomic mass is 10.1. The van der Waals surface area contributed by atoms with E-state index in [1.807, 2.05) is 0 Å². The number of hydrogen-bond donors (Lipinski definition) is 2. The van der Waals surface area contributed by atoms with Gasteiger partial charge in [-0.25, -0.2) is 18.0 Å². The number of alkyl halides is 1. The van der Waals surface area contributed by atoms with E-state index in [0.29, 0.717) is 5.71 Å². The predicted octanol–water partition coefficient (Wildman–Crippen LogP) is 2.08. The number of nitrogens with two attached hydrogens (primary N) is 1. The Labute approximate surface area is 192 Å². The van der Waals surface area contributed by atoms with Crippen molar-refractivity contribution >= 4 is 34.1 Å². The van der Waals surface area contributed by atoms with E-state index in [4.69, 9.17) is 15.4 Å². The molecule has 184 valence electrons. The Morgan fingerprint density at radius 3 is 2.62 bits per heavy atom. The van der Waals surface area contributed by atoms with Crippen molar-refractivity contribution in [3.8, 4) is 0 Å². The zero-order valence-electron chi connectivity index (χ0n) is 18.6. The number of carbonyl (C=O) groups is 1. The van der Waals surface area contributed by atoms with Crippen molar-refractivity contribution in [3.63, 3.8) is 0 Å². The molecule has 2 aromatic rings. The molecule has 3 N–H and O–H groups in total. The van der Waals surface area contributed by atoms with Gasteiger partial charge in [-0.3, -0.25) is 4.79 Å². The maximum Gasteiger partial charge on any atom is 0.341 e. The van der Waals surface area contributed by atoms with Crippen molar-refractivity contribution in [3.05, 3.63) is 39.7 Å². The standard InChI is InChI=1S/C21H24F3N5O5/c1-3-33-26-15-10-29(8-12(15)20(25)27-34-4-2)18-14(23)7-11-17(16(18)24)28(6-5-22)9-13(19(11)30)21(31)32/h7,9,12H,3-6,8,10H2,1-2H3,(H2,25,27)(H,31,32)/b26-15-. The first kappa shape index (κ1) is 24.9. The van der Waals surface area contributed by atoms with Crippen LogP contribution in [0.2, 0.25) is 0 Å². The number of aryl methyl sites for hydroxylation is 1. The topological polar surface area (TPSA) is 132 Å². The quantitative estimate of drug-likeness (QED) is 0.317. The van der Waals surface area contributed by atoms with Crippen LogP contribution in [0.4, 0.5) is 18.9 Å². The van der Waals surface area contributed by atoms with Gasteiger partial charge in [-0.05, 0) is 19.9 Å². The van der Waals surface area contributed by atoms with Gasteiger partial charge in [-0.1, -0.05) is 10.3 Å². The van der Waals surface area contributed by atoms with Gasteiger partial charge in [0, 0.05) is 12.7 Å². The SMILES string of the molecule is CCO/N=C(/N)C1CN(c2c(F)cc3c(=O)c(C(=O)O)cn(CCF)c3c2F)C/C1=N/OCC. The van der Waals surface area contributed by atoms with Crippen LogP contribution >= 0.6 is 0 Å². The molecular formula is C21H24F3N5O5. The lowest BCUT2D eigenvalue weighted by Crippen LogP contribution is -2.31. The minimum Gasteiger partial charge on any atom is -0.477 e. The predicted molar refractivity (Wildman–Crippen MR) is 119 cm³/mol. The van der Waals surface area contributed by atoms with Gasteiger partial charge in [0.25, 0.3) is 0 Å². The minimum absolute atomic E-state index is 0.0323. The third-order valence-electron chi connectivity index (χ3n) is 5.23. The zero-order valence-corrected chi connectivity index (χ0v) is 18.6. The second-order valence-electron chi connectivity index (χ2n) is 7.34. The summed E-state index contributed by atoms with van der Waals surface area (Å²) in [5.74, 6) is -4.48. The number of benzene rings is 1. The number of aromatic carboxylic acids is 1. The Balaban J connectivity index is 2.18. The van der Waals surface area contributed by atoms with E-state index in [0.717, 1.165) is 16.8 Å². The molecule has 3 rings (SSSR count). The van der Waals surface area contributed by atoms with Crippen molar-refractivity contribution in [1.29, 1.82) is 0 Å². The van der Waals surface area contributed by atoms with E-state index < -0.39 is 64.3 Å². The number of amidine groups is 1. The summed E-state index contributed by atoms with van der Waals surface area (Å²) in [4.78, 5) is 35.3. The molecule has 0 spiro atoms. The number of anilines is 1. The molecule has 1 atom stereocenters. The number of carboxylic acid groups (broad SMARTS) is 1. The Bertz CT molecular complexity index is 1210. The largest absolute Gasteiger partial charge is 0.477 e. The van der Waals surface area contributed by atoms with Crippen molar-refractivity contribution in [1.82, 2.24) is 4.57 Å². The molecule has 2 heterocycles. The zero-order chi connectivity index (χ0) is 25.0. The second-order valence-corrected chi connectivity index (χ2v) is 7.34. The van der Waals surface area contributed by atoms with Crippen LogP contribution in [0, 0.1) is 17.6 Å². The molecule has 1 aromatic carbocycles. The maximum atomic E-state index is 15.7. The van der Waals surface area contributed by atoms with E-state index in [1.54, 1.807) is 13.8 Å². The van der Waals surface area contributed by atoms with Crippen LogP contribution in [0.15, 0.2) is 27.4 Å². The van der Waals surface area contributed by atoms with Gasteiger partial charge in [0.1, 0.15) is 42.8 Å². The monoisotopic (exact) mass is 483 g/mol. The molecule has 1 fully saturated rings. The molecule has 13 heteroatoms. The Hall–Kier alpha value is -3.77. The van der Waals surface area contributed by atoms with Crippen LogP contribution in [0.1, 0.15) is 24.2 Å². The van der Waals surface area contributed by atoms with Gasteiger partial charge in [0.2, 0.25) is 5.43 Å². The molecule has 0 aliphatic carbocycles. The molecule has 0 saturated carbocycles. The number of nitrogens with zero attached hydrogens (tertiary/aromatic N) is 4. The molecule has 1 aromatic heterocycles. The number of pyridine rings is 1. The van der Waals surface area contributed by atoms with E-state index in [9.17, 15) is 19.1 Å². The lowest BCUT2D eigenvalue weighted by molar-refractivity contribution is 0.0694. The van der Waals surface area contributed by atoms with Crippen LogP contribution < -0.4 is 16.1 Å². The Kier molecular flexibility index (Phi) is 7.64. The number of fused-ring (bicyclic) bond motifs is 1. The first-order chi connectivity index (χ1) is 16.2.